The first-order valence-corrected chi connectivity index (χ1v) is 7.09. The molecule has 5 nitrogen and oxygen atoms in total. The smallest absolute Gasteiger partial charge is 0.228 e. The van der Waals surface area contributed by atoms with Gasteiger partial charge < -0.3 is 10.6 Å². The predicted octanol–water partition coefficient (Wildman–Crippen LogP) is 3.06. The van der Waals surface area contributed by atoms with Gasteiger partial charge in [0.15, 0.2) is 5.82 Å². The minimum absolute atomic E-state index is 0.0194. The van der Waals surface area contributed by atoms with E-state index < -0.39 is 0 Å². The maximum absolute atomic E-state index is 11.9. The summed E-state index contributed by atoms with van der Waals surface area (Å²) in [5, 5.41) is 14.0. The molecule has 0 unspecified atom stereocenters. The predicted molar refractivity (Wildman–Crippen MR) is 78.1 cm³/mol. The lowest BCUT2D eigenvalue weighted by Gasteiger charge is -2.12. The standard InChI is InChI=1S/C14H24N4O/c1-4-7-10-15-12-8-9-13(18-17-12)16-14(19)11(5-2)6-3/h8-9,11H,4-7,10H2,1-3H3,(H,15,17)(H,16,18,19). The van der Waals surface area contributed by atoms with Crippen molar-refractivity contribution in [1.29, 1.82) is 0 Å². The highest BCUT2D eigenvalue weighted by atomic mass is 16.1. The average molecular weight is 264 g/mol. The summed E-state index contributed by atoms with van der Waals surface area (Å²) < 4.78 is 0. The van der Waals surface area contributed by atoms with Crippen LogP contribution in [-0.4, -0.2) is 22.6 Å². The molecule has 2 N–H and O–H groups in total. The maximum Gasteiger partial charge on any atom is 0.228 e. The summed E-state index contributed by atoms with van der Waals surface area (Å²) in [6.45, 7) is 7.06. The third-order valence-corrected chi connectivity index (χ3v) is 3.11. The minimum atomic E-state index is 0.0194. The fourth-order valence-corrected chi connectivity index (χ4v) is 1.77. The van der Waals surface area contributed by atoms with Gasteiger partial charge in [0.05, 0.1) is 0 Å². The summed E-state index contributed by atoms with van der Waals surface area (Å²) in [6.07, 6.45) is 3.93. The Kier molecular flexibility index (Phi) is 6.85. The van der Waals surface area contributed by atoms with E-state index in [4.69, 9.17) is 0 Å². The molecule has 0 spiro atoms. The first-order chi connectivity index (χ1) is 9.21. The van der Waals surface area contributed by atoms with Crippen molar-refractivity contribution in [2.24, 2.45) is 5.92 Å². The van der Waals surface area contributed by atoms with Gasteiger partial charge in [0, 0.05) is 12.5 Å². The Morgan fingerprint density at radius 1 is 1.16 bits per heavy atom. The van der Waals surface area contributed by atoms with E-state index in [1.807, 2.05) is 19.9 Å². The molecule has 0 saturated heterocycles. The van der Waals surface area contributed by atoms with Crippen LogP contribution in [0.5, 0.6) is 0 Å². The monoisotopic (exact) mass is 264 g/mol. The molecular formula is C14H24N4O. The molecule has 0 aromatic carbocycles. The van der Waals surface area contributed by atoms with Crippen LogP contribution >= 0.6 is 0 Å². The Morgan fingerprint density at radius 3 is 2.32 bits per heavy atom. The first-order valence-electron chi connectivity index (χ1n) is 7.09. The molecule has 0 fully saturated rings. The fourth-order valence-electron chi connectivity index (χ4n) is 1.77. The largest absolute Gasteiger partial charge is 0.369 e. The van der Waals surface area contributed by atoms with Gasteiger partial charge in [-0.3, -0.25) is 4.79 Å². The highest BCUT2D eigenvalue weighted by molar-refractivity contribution is 5.91. The Labute approximate surface area is 115 Å². The van der Waals surface area contributed by atoms with Gasteiger partial charge in [-0.25, -0.2) is 0 Å². The van der Waals surface area contributed by atoms with E-state index in [-0.39, 0.29) is 11.8 Å². The number of amides is 1. The molecule has 1 aromatic rings. The second kappa shape index (κ2) is 8.45. The van der Waals surface area contributed by atoms with E-state index in [2.05, 4.69) is 27.8 Å². The van der Waals surface area contributed by atoms with Gasteiger partial charge in [-0.15, -0.1) is 10.2 Å². The number of carbonyl (C=O) groups excluding carboxylic acids is 1. The van der Waals surface area contributed by atoms with Gasteiger partial charge in [0.1, 0.15) is 5.82 Å². The second-order valence-electron chi connectivity index (χ2n) is 4.59. The second-order valence-corrected chi connectivity index (χ2v) is 4.59. The number of hydrogen-bond acceptors (Lipinski definition) is 4. The van der Waals surface area contributed by atoms with Crippen LogP contribution in [0.4, 0.5) is 11.6 Å². The Balaban J connectivity index is 2.49. The highest BCUT2D eigenvalue weighted by Crippen LogP contribution is 2.12. The molecule has 1 heterocycles. The zero-order chi connectivity index (χ0) is 14.1. The molecule has 0 atom stereocenters. The van der Waals surface area contributed by atoms with Crippen molar-refractivity contribution in [3.63, 3.8) is 0 Å². The van der Waals surface area contributed by atoms with Crippen LogP contribution in [0.15, 0.2) is 12.1 Å². The number of nitrogens with zero attached hydrogens (tertiary/aromatic N) is 2. The number of nitrogens with one attached hydrogen (secondary N) is 2. The van der Waals surface area contributed by atoms with E-state index in [1.165, 1.54) is 0 Å². The SMILES string of the molecule is CCCCNc1ccc(NC(=O)C(CC)CC)nn1. The quantitative estimate of drug-likeness (QED) is 0.708. The fraction of sp³-hybridized carbons (Fsp3) is 0.643. The van der Waals surface area contributed by atoms with E-state index in [9.17, 15) is 4.79 Å². The lowest BCUT2D eigenvalue weighted by atomic mass is 10.0. The average Bonchev–Trinajstić information content (AvgIpc) is 2.42. The molecule has 106 valence electrons. The molecule has 1 rings (SSSR count). The summed E-state index contributed by atoms with van der Waals surface area (Å²) >= 11 is 0. The molecule has 0 bridgehead atoms. The Bertz CT molecular complexity index is 374. The van der Waals surface area contributed by atoms with Gasteiger partial charge in [-0.1, -0.05) is 27.2 Å². The lowest BCUT2D eigenvalue weighted by Crippen LogP contribution is -2.22. The van der Waals surface area contributed by atoms with Crippen LogP contribution in [-0.2, 0) is 4.79 Å². The van der Waals surface area contributed by atoms with Gasteiger partial charge >= 0.3 is 0 Å². The van der Waals surface area contributed by atoms with Crippen LogP contribution in [0.25, 0.3) is 0 Å². The van der Waals surface area contributed by atoms with Gasteiger partial charge in [-0.2, -0.15) is 0 Å². The normalized spacial score (nSPS) is 10.5. The summed E-state index contributed by atoms with van der Waals surface area (Å²) in [6, 6.07) is 3.62. The molecule has 0 aliphatic rings. The molecule has 0 aliphatic carbocycles. The maximum atomic E-state index is 11.9. The van der Waals surface area contributed by atoms with Crippen molar-refractivity contribution in [2.45, 2.75) is 46.5 Å². The van der Waals surface area contributed by atoms with Gasteiger partial charge in [-0.05, 0) is 31.4 Å². The summed E-state index contributed by atoms with van der Waals surface area (Å²) in [5.41, 5.74) is 0. The molecule has 1 amide bonds. The van der Waals surface area contributed by atoms with E-state index in [1.54, 1.807) is 6.07 Å². The molecule has 1 aromatic heterocycles. The molecular weight excluding hydrogens is 240 g/mol. The van der Waals surface area contributed by atoms with Gasteiger partial charge in [0.2, 0.25) is 5.91 Å². The topological polar surface area (TPSA) is 66.9 Å². The van der Waals surface area contributed by atoms with Gasteiger partial charge in [0.25, 0.3) is 0 Å². The van der Waals surface area contributed by atoms with Crippen molar-refractivity contribution in [1.82, 2.24) is 10.2 Å². The lowest BCUT2D eigenvalue weighted by molar-refractivity contribution is -0.120. The number of aromatic nitrogens is 2. The van der Waals surface area contributed by atoms with E-state index in [0.29, 0.717) is 5.82 Å². The van der Waals surface area contributed by atoms with Crippen molar-refractivity contribution >= 4 is 17.5 Å². The number of carbonyl (C=O) groups is 1. The third-order valence-electron chi connectivity index (χ3n) is 3.11. The Hall–Kier alpha value is -1.65. The highest BCUT2D eigenvalue weighted by Gasteiger charge is 2.14. The first kappa shape index (κ1) is 15.4. The molecule has 0 radical (unpaired) electrons. The van der Waals surface area contributed by atoms with Crippen LogP contribution in [0, 0.1) is 5.92 Å². The van der Waals surface area contributed by atoms with Crippen LogP contribution < -0.4 is 10.6 Å². The van der Waals surface area contributed by atoms with Crippen molar-refractivity contribution in [2.75, 3.05) is 17.2 Å². The summed E-state index contributed by atoms with van der Waals surface area (Å²) in [5.74, 6) is 1.32. The molecule has 5 heteroatoms. The number of unbranched alkanes of at least 4 members (excludes halogenated alkanes) is 1. The zero-order valence-electron chi connectivity index (χ0n) is 12.1. The Morgan fingerprint density at radius 2 is 1.79 bits per heavy atom. The molecule has 19 heavy (non-hydrogen) atoms. The van der Waals surface area contributed by atoms with E-state index in [0.717, 1.165) is 38.0 Å². The summed E-state index contributed by atoms with van der Waals surface area (Å²) in [4.78, 5) is 11.9. The number of rotatable bonds is 8. The number of hydrogen-bond donors (Lipinski definition) is 2. The minimum Gasteiger partial charge on any atom is -0.369 e. The van der Waals surface area contributed by atoms with Crippen molar-refractivity contribution in [3.8, 4) is 0 Å². The van der Waals surface area contributed by atoms with Crippen molar-refractivity contribution in [3.05, 3.63) is 12.1 Å². The van der Waals surface area contributed by atoms with Crippen molar-refractivity contribution < 1.29 is 4.79 Å². The summed E-state index contributed by atoms with van der Waals surface area (Å²) in [7, 11) is 0. The molecule has 0 saturated carbocycles. The van der Waals surface area contributed by atoms with Crippen LogP contribution in [0.1, 0.15) is 46.5 Å². The molecule has 0 aliphatic heterocycles. The van der Waals surface area contributed by atoms with E-state index >= 15 is 0 Å². The van der Waals surface area contributed by atoms with Crippen LogP contribution in [0.2, 0.25) is 0 Å². The zero-order valence-corrected chi connectivity index (χ0v) is 12.1. The third kappa shape index (κ3) is 5.24. The number of anilines is 2. The van der Waals surface area contributed by atoms with Crippen LogP contribution in [0.3, 0.4) is 0 Å².